The van der Waals surface area contributed by atoms with Gasteiger partial charge in [0.05, 0.1) is 23.0 Å². The molecule has 1 aromatic heterocycles. The molecule has 0 bridgehead atoms. The van der Waals surface area contributed by atoms with E-state index < -0.39 is 19.7 Å². The van der Waals surface area contributed by atoms with E-state index in [0.29, 0.717) is 31.2 Å². The Kier molecular flexibility index (Phi) is 4.93. The minimum absolute atomic E-state index is 0.0796. The van der Waals surface area contributed by atoms with E-state index >= 15 is 0 Å². The number of hydrogen-bond donors (Lipinski definition) is 1. The number of nitrogens with zero attached hydrogens (tertiary/aromatic N) is 3. The largest absolute Gasteiger partial charge is 0.353 e. The zero-order valence-corrected chi connectivity index (χ0v) is 16.1. The number of anilines is 2. The summed E-state index contributed by atoms with van der Waals surface area (Å²) in [4.78, 5) is 10.9. The molecule has 1 N–H and O–H groups in total. The van der Waals surface area contributed by atoms with Crippen LogP contribution in [0.5, 0.6) is 0 Å². The van der Waals surface area contributed by atoms with Crippen LogP contribution >= 0.6 is 0 Å². The number of aromatic nitrogens is 2. The highest BCUT2D eigenvalue weighted by Gasteiger charge is 2.33. The third-order valence-corrected chi connectivity index (χ3v) is 8.21. The highest BCUT2D eigenvalue weighted by atomic mass is 32.2. The van der Waals surface area contributed by atoms with Gasteiger partial charge in [0.15, 0.2) is 19.7 Å². The van der Waals surface area contributed by atoms with Gasteiger partial charge in [-0.1, -0.05) is 0 Å². The Bertz CT molecular complexity index is 854. The van der Waals surface area contributed by atoms with Crippen LogP contribution in [-0.4, -0.2) is 68.4 Å². The maximum atomic E-state index is 11.8. The summed E-state index contributed by atoms with van der Waals surface area (Å²) < 4.78 is 46.8. The van der Waals surface area contributed by atoms with Crippen LogP contribution in [0.15, 0.2) is 6.07 Å². The second-order valence-corrected chi connectivity index (χ2v) is 11.2. The Morgan fingerprint density at radius 2 is 1.80 bits per heavy atom. The molecule has 2 aliphatic heterocycles. The summed E-state index contributed by atoms with van der Waals surface area (Å²) in [6.07, 6.45) is 1.15. The lowest BCUT2D eigenvalue weighted by Gasteiger charge is -2.28. The average Bonchev–Trinajstić information content (AvgIpc) is 3.01. The van der Waals surface area contributed by atoms with Gasteiger partial charge in [-0.15, -0.1) is 0 Å². The molecule has 0 amide bonds. The molecule has 0 radical (unpaired) electrons. The summed E-state index contributed by atoms with van der Waals surface area (Å²) in [7, 11) is -5.96. The van der Waals surface area contributed by atoms with Crippen LogP contribution in [0, 0.1) is 6.92 Å². The van der Waals surface area contributed by atoms with Gasteiger partial charge >= 0.3 is 0 Å². The lowest BCUT2D eigenvalue weighted by Crippen LogP contribution is -2.37. The molecule has 0 aliphatic carbocycles. The summed E-state index contributed by atoms with van der Waals surface area (Å²) in [5.74, 6) is 1.72. The van der Waals surface area contributed by atoms with Gasteiger partial charge in [0.1, 0.15) is 5.82 Å². The highest BCUT2D eigenvalue weighted by Crippen LogP contribution is 2.25. The molecule has 2 unspecified atom stereocenters. The van der Waals surface area contributed by atoms with Crippen molar-refractivity contribution in [1.82, 2.24) is 9.97 Å². The van der Waals surface area contributed by atoms with Crippen LogP contribution in [0.2, 0.25) is 0 Å². The van der Waals surface area contributed by atoms with Gasteiger partial charge in [-0.05, 0) is 26.7 Å². The van der Waals surface area contributed by atoms with Gasteiger partial charge in [0.25, 0.3) is 0 Å². The molecule has 2 saturated heterocycles. The zero-order chi connectivity index (χ0) is 18.2. The third kappa shape index (κ3) is 4.41. The molecular weight excluding hydrogens is 364 g/mol. The van der Waals surface area contributed by atoms with Crippen LogP contribution in [0.3, 0.4) is 0 Å². The fourth-order valence-corrected chi connectivity index (χ4v) is 6.89. The predicted octanol–water partition coefficient (Wildman–Crippen LogP) is 0.397. The van der Waals surface area contributed by atoms with Crippen molar-refractivity contribution in [1.29, 1.82) is 0 Å². The van der Waals surface area contributed by atoms with Gasteiger partial charge in [-0.3, -0.25) is 0 Å². The summed E-state index contributed by atoms with van der Waals surface area (Å²) in [5.41, 5.74) is 0.757. The van der Waals surface area contributed by atoms with Gasteiger partial charge in [-0.25, -0.2) is 21.8 Å². The molecule has 0 aromatic carbocycles. The average molecular weight is 389 g/mol. The van der Waals surface area contributed by atoms with Crippen molar-refractivity contribution >= 4 is 31.4 Å². The van der Waals surface area contributed by atoms with Crippen molar-refractivity contribution in [3.8, 4) is 0 Å². The fourth-order valence-electron chi connectivity index (χ4n) is 3.48. The van der Waals surface area contributed by atoms with E-state index in [2.05, 4.69) is 15.3 Å². The first-order valence-electron chi connectivity index (χ1n) is 8.47. The SMILES string of the molecule is CCN(c1cc(C)nc(NC2CCS(=O)(=O)C2)n1)C1CCS(=O)(=O)C1. The van der Waals surface area contributed by atoms with E-state index in [4.69, 9.17) is 0 Å². The summed E-state index contributed by atoms with van der Waals surface area (Å²) >= 11 is 0. The van der Waals surface area contributed by atoms with Crippen LogP contribution in [0.1, 0.15) is 25.5 Å². The summed E-state index contributed by atoms with van der Waals surface area (Å²) in [6, 6.07) is 1.58. The first-order valence-corrected chi connectivity index (χ1v) is 12.1. The molecule has 0 spiro atoms. The first kappa shape index (κ1) is 18.4. The Labute approximate surface area is 148 Å². The minimum atomic E-state index is -2.98. The van der Waals surface area contributed by atoms with Gasteiger partial charge in [0.2, 0.25) is 5.95 Å². The second-order valence-electron chi connectivity index (χ2n) is 6.78. The lowest BCUT2D eigenvalue weighted by atomic mass is 10.2. The van der Waals surface area contributed by atoms with Crippen molar-refractivity contribution in [2.75, 3.05) is 39.8 Å². The standard InChI is InChI=1S/C15H24N4O4S2/c1-3-19(13-5-7-25(22,23)10-13)14-8-11(2)16-15(18-14)17-12-4-6-24(20,21)9-12/h8,12-13H,3-7,9-10H2,1-2H3,(H,16,17,18). The highest BCUT2D eigenvalue weighted by molar-refractivity contribution is 7.91. The second kappa shape index (κ2) is 6.71. The Balaban J connectivity index is 1.80. The molecular formula is C15H24N4O4S2. The zero-order valence-electron chi connectivity index (χ0n) is 14.5. The Morgan fingerprint density at radius 1 is 1.12 bits per heavy atom. The maximum absolute atomic E-state index is 11.8. The molecule has 8 nitrogen and oxygen atoms in total. The maximum Gasteiger partial charge on any atom is 0.225 e. The van der Waals surface area contributed by atoms with E-state index in [1.807, 2.05) is 24.8 Å². The molecule has 2 aliphatic rings. The van der Waals surface area contributed by atoms with Crippen molar-refractivity contribution < 1.29 is 16.8 Å². The summed E-state index contributed by atoms with van der Waals surface area (Å²) in [6.45, 7) is 4.47. The number of sulfone groups is 2. The third-order valence-electron chi connectivity index (χ3n) is 4.69. The number of aryl methyl sites for hydroxylation is 1. The van der Waals surface area contributed by atoms with Crippen molar-refractivity contribution in [2.45, 2.75) is 38.8 Å². The Hall–Kier alpha value is -1.42. The molecule has 2 fully saturated rings. The minimum Gasteiger partial charge on any atom is -0.353 e. The molecule has 3 heterocycles. The van der Waals surface area contributed by atoms with E-state index in [1.54, 1.807) is 0 Å². The monoisotopic (exact) mass is 388 g/mol. The Morgan fingerprint density at radius 3 is 2.36 bits per heavy atom. The smallest absolute Gasteiger partial charge is 0.225 e. The lowest BCUT2D eigenvalue weighted by molar-refractivity contribution is 0.598. The molecule has 1 aromatic rings. The molecule has 2 atom stereocenters. The van der Waals surface area contributed by atoms with Crippen LogP contribution < -0.4 is 10.2 Å². The van der Waals surface area contributed by atoms with Crippen LogP contribution in [0.25, 0.3) is 0 Å². The normalized spacial score (nSPS) is 27.3. The summed E-state index contributed by atoms with van der Waals surface area (Å²) in [5, 5.41) is 3.12. The number of nitrogens with one attached hydrogen (secondary N) is 1. The predicted molar refractivity (Wildman–Crippen MR) is 97.5 cm³/mol. The number of hydrogen-bond acceptors (Lipinski definition) is 8. The first-order chi connectivity index (χ1) is 11.7. The van der Waals surface area contributed by atoms with E-state index in [9.17, 15) is 16.8 Å². The van der Waals surface area contributed by atoms with E-state index in [0.717, 1.165) is 5.69 Å². The van der Waals surface area contributed by atoms with Gasteiger partial charge < -0.3 is 10.2 Å². The molecule has 10 heteroatoms. The molecule has 140 valence electrons. The van der Waals surface area contributed by atoms with Crippen molar-refractivity contribution in [2.24, 2.45) is 0 Å². The molecule has 25 heavy (non-hydrogen) atoms. The van der Waals surface area contributed by atoms with Crippen LogP contribution in [-0.2, 0) is 19.7 Å². The van der Waals surface area contributed by atoms with Crippen molar-refractivity contribution in [3.63, 3.8) is 0 Å². The molecule has 0 saturated carbocycles. The van der Waals surface area contributed by atoms with Crippen LogP contribution in [0.4, 0.5) is 11.8 Å². The van der Waals surface area contributed by atoms with E-state index in [-0.39, 0.29) is 35.1 Å². The van der Waals surface area contributed by atoms with Crippen molar-refractivity contribution in [3.05, 3.63) is 11.8 Å². The quantitative estimate of drug-likeness (QED) is 0.772. The molecule has 3 rings (SSSR count). The fraction of sp³-hybridized carbons (Fsp3) is 0.733. The van der Waals surface area contributed by atoms with Gasteiger partial charge in [0, 0.05) is 30.4 Å². The topological polar surface area (TPSA) is 109 Å². The van der Waals surface area contributed by atoms with E-state index in [1.165, 1.54) is 0 Å². The van der Waals surface area contributed by atoms with Gasteiger partial charge in [-0.2, -0.15) is 4.98 Å². The number of rotatable bonds is 5.